The van der Waals surface area contributed by atoms with Gasteiger partial charge in [0, 0.05) is 23.3 Å². The fourth-order valence-electron chi connectivity index (χ4n) is 2.11. The summed E-state index contributed by atoms with van der Waals surface area (Å²) in [6.07, 6.45) is 0.340. The van der Waals surface area contributed by atoms with Crippen molar-refractivity contribution < 1.29 is 9.59 Å². The maximum absolute atomic E-state index is 11.6. The van der Waals surface area contributed by atoms with E-state index in [2.05, 4.69) is 5.32 Å². The van der Waals surface area contributed by atoms with Crippen molar-refractivity contribution in [3.8, 4) is 0 Å². The molecule has 0 aliphatic carbocycles. The highest BCUT2D eigenvalue weighted by molar-refractivity contribution is 6.31. The van der Waals surface area contributed by atoms with Crippen LogP contribution in [0.15, 0.2) is 18.2 Å². The zero-order valence-corrected chi connectivity index (χ0v) is 10.5. The molecule has 2 unspecified atom stereocenters. The number of hydrogen-bond acceptors (Lipinski definition) is 2. The summed E-state index contributed by atoms with van der Waals surface area (Å²) in [7, 11) is 0. The lowest BCUT2D eigenvalue weighted by molar-refractivity contribution is -0.136. The van der Waals surface area contributed by atoms with Crippen LogP contribution in [-0.2, 0) is 9.59 Å². The summed E-state index contributed by atoms with van der Waals surface area (Å²) in [4.78, 5) is 23.0. The van der Waals surface area contributed by atoms with Gasteiger partial charge in [-0.05, 0) is 24.1 Å². The number of rotatable bonds is 1. The molecule has 0 radical (unpaired) electrons. The summed E-state index contributed by atoms with van der Waals surface area (Å²) in [6, 6.07) is 5.71. The molecule has 1 heterocycles. The molecule has 0 saturated carbocycles. The van der Waals surface area contributed by atoms with Crippen molar-refractivity contribution in [3.05, 3.63) is 34.3 Å². The minimum Gasteiger partial charge on any atom is -0.296 e. The summed E-state index contributed by atoms with van der Waals surface area (Å²) >= 11 is 6.07. The molecule has 0 aromatic heterocycles. The number of hydrogen-bond donors (Lipinski definition) is 1. The zero-order valence-electron chi connectivity index (χ0n) is 9.79. The Hall–Kier alpha value is -1.35. The summed E-state index contributed by atoms with van der Waals surface area (Å²) in [5.74, 6) is -0.696. The molecule has 1 fully saturated rings. The number of imide groups is 1. The van der Waals surface area contributed by atoms with Crippen LogP contribution in [0, 0.1) is 12.8 Å². The average molecular weight is 252 g/mol. The minimum atomic E-state index is -0.213. The van der Waals surface area contributed by atoms with Crippen LogP contribution in [0.3, 0.4) is 0 Å². The van der Waals surface area contributed by atoms with Gasteiger partial charge in [0.1, 0.15) is 0 Å². The van der Waals surface area contributed by atoms with Crippen LogP contribution in [0.5, 0.6) is 0 Å². The highest BCUT2D eigenvalue weighted by atomic mass is 35.5. The van der Waals surface area contributed by atoms with Gasteiger partial charge in [-0.3, -0.25) is 14.9 Å². The van der Waals surface area contributed by atoms with Crippen LogP contribution in [0.4, 0.5) is 0 Å². The van der Waals surface area contributed by atoms with Gasteiger partial charge in [-0.1, -0.05) is 30.7 Å². The van der Waals surface area contributed by atoms with Crippen LogP contribution in [0.25, 0.3) is 0 Å². The Morgan fingerprint density at radius 2 is 2.06 bits per heavy atom. The summed E-state index contributed by atoms with van der Waals surface area (Å²) in [5.41, 5.74) is 1.95. The molecule has 3 nitrogen and oxygen atoms in total. The van der Waals surface area contributed by atoms with E-state index in [-0.39, 0.29) is 23.7 Å². The van der Waals surface area contributed by atoms with Crippen LogP contribution >= 0.6 is 11.6 Å². The monoisotopic (exact) mass is 251 g/mol. The first-order chi connectivity index (χ1) is 7.99. The Balaban J connectivity index is 2.34. The fraction of sp³-hybridized carbons (Fsp3) is 0.385. The Morgan fingerprint density at radius 3 is 2.71 bits per heavy atom. The molecule has 4 heteroatoms. The van der Waals surface area contributed by atoms with E-state index in [1.165, 1.54) is 0 Å². The zero-order chi connectivity index (χ0) is 12.6. The predicted octanol–water partition coefficient (Wildman–Crippen LogP) is 2.41. The van der Waals surface area contributed by atoms with Crippen molar-refractivity contribution in [2.24, 2.45) is 5.92 Å². The molecule has 2 amide bonds. The lowest BCUT2D eigenvalue weighted by atomic mass is 9.81. The van der Waals surface area contributed by atoms with Gasteiger partial charge >= 0.3 is 0 Å². The Kier molecular flexibility index (Phi) is 3.20. The molecule has 17 heavy (non-hydrogen) atoms. The maximum Gasteiger partial charge on any atom is 0.230 e. The lowest BCUT2D eigenvalue weighted by Crippen LogP contribution is -2.43. The third-order valence-corrected chi connectivity index (χ3v) is 3.72. The van der Waals surface area contributed by atoms with Crippen molar-refractivity contribution in [1.29, 1.82) is 0 Å². The topological polar surface area (TPSA) is 46.2 Å². The molecule has 1 aromatic rings. The van der Waals surface area contributed by atoms with E-state index in [4.69, 9.17) is 11.6 Å². The molecule has 0 spiro atoms. The summed E-state index contributed by atoms with van der Waals surface area (Å²) < 4.78 is 0. The van der Waals surface area contributed by atoms with Crippen LogP contribution < -0.4 is 5.32 Å². The second kappa shape index (κ2) is 4.49. The SMILES string of the molecule is Cc1ccc(C2CC(=O)NC(=O)C2C)cc1Cl. The molecule has 2 atom stereocenters. The first-order valence-electron chi connectivity index (χ1n) is 5.59. The number of piperidine rings is 1. The van der Waals surface area contributed by atoms with Gasteiger partial charge in [0.2, 0.25) is 11.8 Å². The second-order valence-corrected chi connectivity index (χ2v) is 4.93. The third-order valence-electron chi connectivity index (χ3n) is 3.31. The molecule has 90 valence electrons. The standard InChI is InChI=1S/C13H14ClNO2/c1-7-3-4-9(5-11(7)14)10-6-12(16)15-13(17)8(10)2/h3-5,8,10H,6H2,1-2H3,(H,15,16,17). The molecule has 1 saturated heterocycles. The molecule has 1 aromatic carbocycles. The number of halogens is 1. The van der Waals surface area contributed by atoms with E-state index >= 15 is 0 Å². The average Bonchev–Trinajstić information content (AvgIpc) is 2.27. The number of carbonyl (C=O) groups is 2. The first-order valence-corrected chi connectivity index (χ1v) is 5.96. The molecule has 2 rings (SSSR count). The van der Waals surface area contributed by atoms with E-state index in [0.717, 1.165) is 11.1 Å². The Morgan fingerprint density at radius 1 is 1.35 bits per heavy atom. The number of amides is 2. The number of aryl methyl sites for hydroxylation is 1. The molecule has 1 aliphatic rings. The largest absolute Gasteiger partial charge is 0.296 e. The van der Waals surface area contributed by atoms with Crippen molar-refractivity contribution >= 4 is 23.4 Å². The van der Waals surface area contributed by atoms with E-state index in [0.29, 0.717) is 11.4 Å². The van der Waals surface area contributed by atoms with Crippen molar-refractivity contribution in [3.63, 3.8) is 0 Å². The molecular formula is C13H14ClNO2. The van der Waals surface area contributed by atoms with E-state index < -0.39 is 0 Å². The normalized spacial score (nSPS) is 24.6. The van der Waals surface area contributed by atoms with Gasteiger partial charge in [0.25, 0.3) is 0 Å². The van der Waals surface area contributed by atoms with E-state index in [1.54, 1.807) is 0 Å². The Bertz CT molecular complexity index is 484. The highest BCUT2D eigenvalue weighted by Crippen LogP contribution is 2.33. The molecular weight excluding hydrogens is 238 g/mol. The lowest BCUT2D eigenvalue weighted by Gasteiger charge is -2.27. The quantitative estimate of drug-likeness (QED) is 0.779. The van der Waals surface area contributed by atoms with Gasteiger partial charge in [0.05, 0.1) is 0 Å². The highest BCUT2D eigenvalue weighted by Gasteiger charge is 2.33. The molecule has 1 aliphatic heterocycles. The molecule has 1 N–H and O–H groups in total. The van der Waals surface area contributed by atoms with Gasteiger partial charge < -0.3 is 0 Å². The summed E-state index contributed by atoms with van der Waals surface area (Å²) in [6.45, 7) is 3.76. The predicted molar refractivity (Wildman–Crippen MR) is 65.9 cm³/mol. The van der Waals surface area contributed by atoms with Crippen molar-refractivity contribution in [2.45, 2.75) is 26.2 Å². The van der Waals surface area contributed by atoms with Gasteiger partial charge in [-0.15, -0.1) is 0 Å². The smallest absolute Gasteiger partial charge is 0.230 e. The van der Waals surface area contributed by atoms with Crippen LogP contribution in [0.1, 0.15) is 30.4 Å². The van der Waals surface area contributed by atoms with Crippen LogP contribution in [0.2, 0.25) is 5.02 Å². The minimum absolute atomic E-state index is 0.0747. The number of benzene rings is 1. The second-order valence-electron chi connectivity index (χ2n) is 4.52. The van der Waals surface area contributed by atoms with Gasteiger partial charge in [0.15, 0.2) is 0 Å². The third kappa shape index (κ3) is 2.34. The number of carbonyl (C=O) groups excluding carboxylic acids is 2. The van der Waals surface area contributed by atoms with E-state index in [1.807, 2.05) is 32.0 Å². The maximum atomic E-state index is 11.6. The Labute approximate surface area is 105 Å². The van der Waals surface area contributed by atoms with Gasteiger partial charge in [-0.2, -0.15) is 0 Å². The van der Waals surface area contributed by atoms with Crippen molar-refractivity contribution in [1.82, 2.24) is 5.32 Å². The molecule has 0 bridgehead atoms. The van der Waals surface area contributed by atoms with Gasteiger partial charge in [-0.25, -0.2) is 0 Å². The van der Waals surface area contributed by atoms with Crippen LogP contribution in [-0.4, -0.2) is 11.8 Å². The van der Waals surface area contributed by atoms with Crippen molar-refractivity contribution in [2.75, 3.05) is 0 Å². The van der Waals surface area contributed by atoms with E-state index in [9.17, 15) is 9.59 Å². The fourth-order valence-corrected chi connectivity index (χ4v) is 2.30. The first kappa shape index (κ1) is 12.1. The summed E-state index contributed by atoms with van der Waals surface area (Å²) in [5, 5.41) is 3.02. The number of nitrogens with one attached hydrogen (secondary N) is 1.